The highest BCUT2D eigenvalue weighted by Gasteiger charge is 2.71. The summed E-state index contributed by atoms with van der Waals surface area (Å²) in [6.07, 6.45) is -9.95. The molecule has 0 aromatic carbocycles. The quantitative estimate of drug-likeness (QED) is 0.539. The zero-order valence-electron chi connectivity index (χ0n) is 15.3. The number of fused-ring (bicyclic) bond motifs is 2. The van der Waals surface area contributed by atoms with Gasteiger partial charge in [0, 0.05) is 0 Å². The summed E-state index contributed by atoms with van der Waals surface area (Å²) in [5.74, 6) is -0.688. The van der Waals surface area contributed by atoms with Crippen molar-refractivity contribution < 1.29 is 41.0 Å². The molecule has 2 aliphatic rings. The van der Waals surface area contributed by atoms with Crippen molar-refractivity contribution in [3.63, 3.8) is 0 Å². The van der Waals surface area contributed by atoms with Crippen LogP contribution in [-0.2, 0) is 9.53 Å². The second kappa shape index (κ2) is 7.56. The van der Waals surface area contributed by atoms with Gasteiger partial charge in [-0.25, -0.2) is 0 Å². The molecule has 3 unspecified atom stereocenters. The molecule has 2 saturated carbocycles. The standard InChI is InChI=1S/C11H14F6O.C6H12O2/c12-10(13,14)9(18,11(15,16)17)5-8-4-6-1-2-7(8)3-6;1-6(2,3)5(7)8-4/h6-8,18H,1-5H2;1-4H3. The van der Waals surface area contributed by atoms with Crippen molar-refractivity contribution in [3.05, 3.63) is 0 Å². The van der Waals surface area contributed by atoms with Crippen LogP contribution in [0.1, 0.15) is 52.9 Å². The van der Waals surface area contributed by atoms with Crippen molar-refractivity contribution in [2.24, 2.45) is 23.2 Å². The third kappa shape index (κ3) is 5.04. The van der Waals surface area contributed by atoms with Crippen LogP contribution < -0.4 is 0 Å². The molecule has 0 radical (unpaired) electrons. The third-order valence-corrected chi connectivity index (χ3v) is 5.18. The van der Waals surface area contributed by atoms with Crippen LogP contribution in [0.5, 0.6) is 0 Å². The summed E-state index contributed by atoms with van der Waals surface area (Å²) in [7, 11) is 1.40. The second-order valence-electron chi connectivity index (χ2n) is 8.24. The number of hydrogen-bond donors (Lipinski definition) is 1. The summed E-state index contributed by atoms with van der Waals surface area (Å²) >= 11 is 0. The molecule has 3 nitrogen and oxygen atoms in total. The molecule has 0 heterocycles. The molecular formula is C17H26F6O3. The normalized spacial score (nSPS) is 26.3. The Bertz CT molecular complexity index is 478. The molecule has 0 aliphatic heterocycles. The van der Waals surface area contributed by atoms with Gasteiger partial charge in [0.05, 0.1) is 12.5 Å². The van der Waals surface area contributed by atoms with E-state index in [1.54, 1.807) is 0 Å². The first-order valence-electron chi connectivity index (χ1n) is 8.47. The summed E-state index contributed by atoms with van der Waals surface area (Å²) in [6.45, 7) is 5.45. The molecule has 0 amide bonds. The van der Waals surface area contributed by atoms with Crippen LogP contribution in [0, 0.1) is 23.2 Å². The van der Waals surface area contributed by atoms with Gasteiger partial charge in [-0.15, -0.1) is 0 Å². The summed E-state index contributed by atoms with van der Waals surface area (Å²) in [6, 6.07) is 0. The molecule has 2 fully saturated rings. The number of aliphatic hydroxyl groups is 1. The minimum Gasteiger partial charge on any atom is -0.469 e. The number of carbonyl (C=O) groups is 1. The average molecular weight is 392 g/mol. The van der Waals surface area contributed by atoms with E-state index >= 15 is 0 Å². The Kier molecular flexibility index (Phi) is 6.70. The first-order chi connectivity index (χ1) is 11.5. The fraction of sp³-hybridized carbons (Fsp3) is 0.941. The molecule has 0 spiro atoms. The van der Waals surface area contributed by atoms with Crippen LogP contribution in [0.2, 0.25) is 0 Å². The Morgan fingerprint density at radius 3 is 1.73 bits per heavy atom. The number of hydrogen-bond acceptors (Lipinski definition) is 3. The Morgan fingerprint density at radius 2 is 1.50 bits per heavy atom. The molecule has 0 saturated heterocycles. The molecule has 0 aromatic rings. The Hall–Kier alpha value is -0.990. The minimum atomic E-state index is -5.67. The van der Waals surface area contributed by atoms with Crippen molar-refractivity contribution in [3.8, 4) is 0 Å². The predicted octanol–water partition coefficient (Wildman–Crippen LogP) is 4.87. The fourth-order valence-electron chi connectivity index (χ4n) is 3.70. The molecule has 2 bridgehead atoms. The van der Waals surface area contributed by atoms with Gasteiger partial charge in [-0.3, -0.25) is 4.79 Å². The van der Waals surface area contributed by atoms with Crippen molar-refractivity contribution in [1.29, 1.82) is 0 Å². The maximum absolute atomic E-state index is 12.5. The molecule has 9 heteroatoms. The highest BCUT2D eigenvalue weighted by Crippen LogP contribution is 2.55. The largest absolute Gasteiger partial charge is 0.469 e. The van der Waals surface area contributed by atoms with E-state index in [2.05, 4.69) is 4.74 Å². The molecule has 0 aromatic heterocycles. The lowest BCUT2D eigenvalue weighted by Crippen LogP contribution is -2.58. The van der Waals surface area contributed by atoms with Gasteiger partial charge in [-0.05, 0) is 64.2 Å². The van der Waals surface area contributed by atoms with Crippen molar-refractivity contribution in [1.82, 2.24) is 0 Å². The van der Waals surface area contributed by atoms with Gasteiger partial charge < -0.3 is 9.84 Å². The van der Waals surface area contributed by atoms with E-state index < -0.39 is 30.3 Å². The van der Waals surface area contributed by atoms with Crippen molar-refractivity contribution in [2.45, 2.75) is 70.8 Å². The lowest BCUT2D eigenvalue weighted by molar-refractivity contribution is -0.373. The zero-order valence-corrected chi connectivity index (χ0v) is 15.3. The summed E-state index contributed by atoms with van der Waals surface area (Å²) < 4.78 is 79.6. The number of carbonyl (C=O) groups excluding carboxylic acids is 1. The van der Waals surface area contributed by atoms with Gasteiger partial charge in [-0.2, -0.15) is 26.3 Å². The molecule has 2 aliphatic carbocycles. The van der Waals surface area contributed by atoms with Crippen LogP contribution >= 0.6 is 0 Å². The van der Waals surface area contributed by atoms with E-state index in [-0.39, 0.29) is 23.2 Å². The average Bonchev–Trinajstić information content (AvgIpc) is 3.06. The van der Waals surface area contributed by atoms with Gasteiger partial charge >= 0.3 is 18.3 Å². The first kappa shape index (κ1) is 23.0. The van der Waals surface area contributed by atoms with Crippen LogP contribution in [-0.4, -0.2) is 36.1 Å². The monoisotopic (exact) mass is 392 g/mol. The minimum absolute atomic E-state index is 0.0915. The van der Waals surface area contributed by atoms with Gasteiger partial charge in [0.1, 0.15) is 0 Å². The topological polar surface area (TPSA) is 46.5 Å². The van der Waals surface area contributed by atoms with Crippen LogP contribution in [0.15, 0.2) is 0 Å². The highest BCUT2D eigenvalue weighted by atomic mass is 19.4. The lowest BCUT2D eigenvalue weighted by atomic mass is 9.79. The Labute approximate surface area is 149 Å². The van der Waals surface area contributed by atoms with E-state index in [1.165, 1.54) is 7.11 Å². The maximum Gasteiger partial charge on any atom is 0.426 e. The molecular weight excluding hydrogens is 366 g/mol. The van der Waals surface area contributed by atoms with E-state index in [1.807, 2.05) is 20.8 Å². The van der Waals surface area contributed by atoms with Gasteiger partial charge in [0.2, 0.25) is 0 Å². The number of ether oxygens (including phenoxy) is 1. The first-order valence-corrected chi connectivity index (χ1v) is 8.47. The molecule has 154 valence electrons. The van der Waals surface area contributed by atoms with Gasteiger partial charge in [0.25, 0.3) is 5.60 Å². The van der Waals surface area contributed by atoms with Crippen LogP contribution in [0.25, 0.3) is 0 Å². The van der Waals surface area contributed by atoms with Crippen LogP contribution in [0.4, 0.5) is 26.3 Å². The fourth-order valence-corrected chi connectivity index (χ4v) is 3.70. The molecule has 1 N–H and O–H groups in total. The van der Waals surface area contributed by atoms with Crippen LogP contribution in [0.3, 0.4) is 0 Å². The second-order valence-corrected chi connectivity index (χ2v) is 8.24. The zero-order chi connectivity index (χ0) is 20.6. The predicted molar refractivity (Wildman–Crippen MR) is 82.1 cm³/mol. The van der Waals surface area contributed by atoms with E-state index in [0.717, 1.165) is 6.42 Å². The van der Waals surface area contributed by atoms with E-state index in [0.29, 0.717) is 19.3 Å². The molecule has 3 atom stereocenters. The van der Waals surface area contributed by atoms with Crippen molar-refractivity contribution >= 4 is 5.97 Å². The van der Waals surface area contributed by atoms with Gasteiger partial charge in [-0.1, -0.05) is 6.42 Å². The third-order valence-electron chi connectivity index (χ3n) is 5.18. The van der Waals surface area contributed by atoms with E-state index in [4.69, 9.17) is 5.11 Å². The number of methoxy groups -OCH3 is 1. The number of halogens is 6. The van der Waals surface area contributed by atoms with E-state index in [9.17, 15) is 31.1 Å². The summed E-state index contributed by atoms with van der Waals surface area (Å²) in [5, 5.41) is 9.12. The lowest BCUT2D eigenvalue weighted by Gasteiger charge is -2.36. The van der Waals surface area contributed by atoms with Gasteiger partial charge in [0.15, 0.2) is 0 Å². The maximum atomic E-state index is 12.5. The number of esters is 1. The summed E-state index contributed by atoms with van der Waals surface area (Å²) in [5.41, 5.74) is -4.91. The smallest absolute Gasteiger partial charge is 0.426 e. The number of alkyl halides is 6. The Morgan fingerprint density at radius 1 is 1.00 bits per heavy atom. The summed E-state index contributed by atoms with van der Waals surface area (Å²) in [4.78, 5) is 10.6. The highest BCUT2D eigenvalue weighted by molar-refractivity contribution is 5.75. The Balaban J connectivity index is 0.000000359. The molecule has 26 heavy (non-hydrogen) atoms. The SMILES string of the molecule is COC(=O)C(C)(C)C.OC(CC1CC2CCC1C2)(C(F)(F)F)C(F)(F)F. The molecule has 2 rings (SSSR count). The number of rotatable bonds is 2. The van der Waals surface area contributed by atoms with Crippen molar-refractivity contribution in [2.75, 3.05) is 7.11 Å².